The van der Waals surface area contributed by atoms with Gasteiger partial charge in [0, 0.05) is 11.6 Å². The molecule has 0 unspecified atom stereocenters. The minimum Gasteiger partial charge on any atom is -0.463 e. The van der Waals surface area contributed by atoms with Crippen molar-refractivity contribution >= 4 is 23.2 Å². The summed E-state index contributed by atoms with van der Waals surface area (Å²) in [5, 5.41) is 6.68. The molecule has 5 heteroatoms. The first-order chi connectivity index (χ1) is 12.0. The summed E-state index contributed by atoms with van der Waals surface area (Å²) < 4.78 is 7.42. The topological polar surface area (TPSA) is 42.8 Å². The summed E-state index contributed by atoms with van der Waals surface area (Å²) in [6.45, 7) is 8.57. The van der Waals surface area contributed by atoms with Crippen LogP contribution >= 0.6 is 11.3 Å². The lowest BCUT2D eigenvalue weighted by molar-refractivity contribution is 0.575. The first kappa shape index (κ1) is 17.4. The van der Waals surface area contributed by atoms with E-state index >= 15 is 0 Å². The maximum absolute atomic E-state index is 5.56. The zero-order valence-electron chi connectivity index (χ0n) is 15.1. The van der Waals surface area contributed by atoms with Gasteiger partial charge in [-0.2, -0.15) is 5.10 Å². The monoisotopic (exact) mass is 353 g/mol. The van der Waals surface area contributed by atoms with Crippen LogP contribution in [0.15, 0.2) is 56.5 Å². The average Bonchev–Trinajstić information content (AvgIpc) is 3.21. The fourth-order valence-electron chi connectivity index (χ4n) is 2.33. The van der Waals surface area contributed by atoms with Crippen LogP contribution in [0.4, 0.5) is 5.69 Å². The van der Waals surface area contributed by atoms with Crippen LogP contribution < -0.4 is 4.80 Å². The zero-order valence-corrected chi connectivity index (χ0v) is 15.9. The van der Waals surface area contributed by atoms with Crippen molar-refractivity contribution in [2.24, 2.45) is 16.0 Å². The number of aryl methyl sites for hydroxylation is 2. The maximum atomic E-state index is 5.56. The molecule has 0 amide bonds. The number of rotatable bonds is 5. The van der Waals surface area contributed by atoms with Crippen LogP contribution in [0.2, 0.25) is 0 Å². The van der Waals surface area contributed by atoms with E-state index in [2.05, 4.69) is 44.9 Å². The number of aromatic nitrogens is 1. The van der Waals surface area contributed by atoms with Crippen molar-refractivity contribution in [3.8, 4) is 11.5 Å². The van der Waals surface area contributed by atoms with E-state index in [-0.39, 0.29) is 0 Å². The van der Waals surface area contributed by atoms with Gasteiger partial charge in [0.25, 0.3) is 0 Å². The van der Waals surface area contributed by atoms with Crippen LogP contribution in [0.1, 0.15) is 31.4 Å². The van der Waals surface area contributed by atoms with Gasteiger partial charge in [0.1, 0.15) is 5.69 Å². The Kier molecular flexibility index (Phi) is 5.34. The molecular weight excluding hydrogens is 330 g/mol. The lowest BCUT2D eigenvalue weighted by atomic mass is 10.1. The summed E-state index contributed by atoms with van der Waals surface area (Å²) in [6.07, 6.45) is 4.54. The Morgan fingerprint density at radius 3 is 2.72 bits per heavy atom. The van der Waals surface area contributed by atoms with Crippen LogP contribution in [0.25, 0.3) is 11.5 Å². The van der Waals surface area contributed by atoms with E-state index in [1.807, 2.05) is 34.5 Å². The van der Waals surface area contributed by atoms with Crippen molar-refractivity contribution in [2.45, 2.75) is 34.1 Å². The summed E-state index contributed by atoms with van der Waals surface area (Å²) in [4.78, 5) is 5.63. The third-order valence-electron chi connectivity index (χ3n) is 3.95. The average molecular weight is 353 g/mol. The first-order valence-electron chi connectivity index (χ1n) is 8.44. The van der Waals surface area contributed by atoms with Gasteiger partial charge in [0.05, 0.1) is 12.0 Å². The van der Waals surface area contributed by atoms with Gasteiger partial charge in [-0.3, -0.25) is 0 Å². The van der Waals surface area contributed by atoms with Crippen molar-refractivity contribution in [3.05, 3.63) is 57.9 Å². The smallest absolute Gasteiger partial charge is 0.211 e. The Hall–Kier alpha value is -2.40. The van der Waals surface area contributed by atoms with Crippen molar-refractivity contribution < 1.29 is 4.42 Å². The molecule has 1 aromatic carbocycles. The van der Waals surface area contributed by atoms with Gasteiger partial charge in [-0.25, -0.2) is 9.67 Å². The molecule has 0 spiro atoms. The molecule has 25 heavy (non-hydrogen) atoms. The fraction of sp³-hybridized carbons (Fsp3) is 0.300. The molecule has 0 aliphatic heterocycles. The quantitative estimate of drug-likeness (QED) is 0.555. The molecular formula is C20H23N3OS. The van der Waals surface area contributed by atoms with Crippen molar-refractivity contribution in [1.29, 1.82) is 0 Å². The Morgan fingerprint density at radius 1 is 1.20 bits per heavy atom. The predicted octanol–water partition coefficient (Wildman–Crippen LogP) is 5.54. The van der Waals surface area contributed by atoms with Crippen LogP contribution in [0.5, 0.6) is 0 Å². The van der Waals surface area contributed by atoms with Crippen molar-refractivity contribution in [3.63, 3.8) is 0 Å². The van der Waals surface area contributed by atoms with Gasteiger partial charge in [0.2, 0.25) is 4.80 Å². The molecule has 0 aliphatic rings. The largest absolute Gasteiger partial charge is 0.463 e. The zero-order chi connectivity index (χ0) is 17.8. The number of furan rings is 1. The number of hydrogen-bond acceptors (Lipinski definition) is 4. The van der Waals surface area contributed by atoms with E-state index in [4.69, 9.17) is 9.41 Å². The number of nitrogens with zero attached hydrogens (tertiary/aromatic N) is 3. The summed E-state index contributed by atoms with van der Waals surface area (Å²) >= 11 is 1.56. The summed E-state index contributed by atoms with van der Waals surface area (Å²) in [6, 6.07) is 10.1. The minimum atomic E-state index is 0.565. The molecule has 0 radical (unpaired) electrons. The predicted molar refractivity (Wildman–Crippen MR) is 104 cm³/mol. The normalized spacial score (nSPS) is 12.6. The summed E-state index contributed by atoms with van der Waals surface area (Å²) in [5.74, 6) is 1.36. The van der Waals surface area contributed by atoms with E-state index < -0.39 is 0 Å². The molecule has 4 nitrogen and oxygen atoms in total. The van der Waals surface area contributed by atoms with Crippen LogP contribution in [0.3, 0.4) is 0 Å². The molecule has 0 atom stereocenters. The van der Waals surface area contributed by atoms with Gasteiger partial charge >= 0.3 is 0 Å². The second-order valence-electron chi connectivity index (χ2n) is 6.50. The molecule has 0 fully saturated rings. The van der Waals surface area contributed by atoms with E-state index in [9.17, 15) is 0 Å². The lowest BCUT2D eigenvalue weighted by Gasteiger charge is -2.03. The molecule has 130 valence electrons. The van der Waals surface area contributed by atoms with Gasteiger partial charge in [-0.1, -0.05) is 19.9 Å². The number of thiazole rings is 1. The standard InChI is InChI=1S/C20H23N3OS/c1-14(2)9-10-21-23-18(19-6-5-11-24-19)13-25-20(23)22-17-8-7-15(3)16(4)12-17/h5-8,10-14H,9H2,1-4H3. The van der Waals surface area contributed by atoms with Gasteiger partial charge in [-0.15, -0.1) is 11.3 Å². The minimum absolute atomic E-state index is 0.565. The fourth-order valence-corrected chi connectivity index (χ4v) is 3.17. The SMILES string of the molecule is Cc1ccc(N=c2scc(-c3ccco3)n2N=CCC(C)C)cc1C. The Labute approximate surface area is 152 Å². The second kappa shape index (κ2) is 7.66. The van der Waals surface area contributed by atoms with E-state index in [0.29, 0.717) is 5.92 Å². The third kappa shape index (κ3) is 4.17. The number of hydrogen-bond donors (Lipinski definition) is 0. The molecule has 2 aromatic heterocycles. The highest BCUT2D eigenvalue weighted by atomic mass is 32.1. The van der Waals surface area contributed by atoms with Gasteiger partial charge < -0.3 is 4.42 Å². The molecule has 0 bridgehead atoms. The van der Waals surface area contributed by atoms with Crippen LogP contribution in [-0.2, 0) is 0 Å². The Balaban J connectivity index is 2.07. The molecule has 2 heterocycles. The highest BCUT2D eigenvalue weighted by Gasteiger charge is 2.10. The second-order valence-corrected chi connectivity index (χ2v) is 7.34. The van der Waals surface area contributed by atoms with Gasteiger partial charge in [0.15, 0.2) is 5.76 Å². The molecule has 3 aromatic rings. The van der Waals surface area contributed by atoms with Crippen LogP contribution in [-0.4, -0.2) is 10.9 Å². The summed E-state index contributed by atoms with van der Waals surface area (Å²) in [5.41, 5.74) is 4.35. The Morgan fingerprint density at radius 2 is 2.04 bits per heavy atom. The lowest BCUT2D eigenvalue weighted by Crippen LogP contribution is -2.11. The van der Waals surface area contributed by atoms with Gasteiger partial charge in [-0.05, 0) is 61.6 Å². The van der Waals surface area contributed by atoms with E-state index in [0.717, 1.165) is 28.4 Å². The molecule has 0 saturated heterocycles. The highest BCUT2D eigenvalue weighted by molar-refractivity contribution is 7.07. The Bertz CT molecular complexity index is 930. The van der Waals surface area contributed by atoms with Crippen LogP contribution in [0, 0.1) is 19.8 Å². The van der Waals surface area contributed by atoms with E-state index in [1.165, 1.54) is 11.1 Å². The highest BCUT2D eigenvalue weighted by Crippen LogP contribution is 2.22. The summed E-state index contributed by atoms with van der Waals surface area (Å²) in [7, 11) is 0. The van der Waals surface area contributed by atoms with Crippen molar-refractivity contribution in [1.82, 2.24) is 4.68 Å². The molecule has 0 saturated carbocycles. The van der Waals surface area contributed by atoms with Crippen molar-refractivity contribution in [2.75, 3.05) is 0 Å². The molecule has 0 aliphatic carbocycles. The third-order valence-corrected chi connectivity index (χ3v) is 4.76. The van der Waals surface area contributed by atoms with E-state index in [1.54, 1.807) is 17.6 Å². The molecule has 0 N–H and O–H groups in total. The maximum Gasteiger partial charge on any atom is 0.211 e. The number of benzene rings is 1. The molecule has 3 rings (SSSR count). The first-order valence-corrected chi connectivity index (χ1v) is 9.32.